The minimum atomic E-state index is -0.442. The van der Waals surface area contributed by atoms with Gasteiger partial charge in [-0.3, -0.25) is 14.9 Å². The fraction of sp³-hybridized carbons (Fsp3) is 0.118. The van der Waals surface area contributed by atoms with Crippen LogP contribution in [0.5, 0.6) is 0 Å². The summed E-state index contributed by atoms with van der Waals surface area (Å²) in [6.07, 6.45) is 0. The van der Waals surface area contributed by atoms with E-state index in [0.717, 1.165) is 11.3 Å². The Bertz CT molecular complexity index is 959. The maximum absolute atomic E-state index is 12.5. The van der Waals surface area contributed by atoms with Crippen molar-refractivity contribution < 1.29 is 4.92 Å². The van der Waals surface area contributed by atoms with E-state index in [4.69, 9.17) is 0 Å². The number of anilines is 2. The molecule has 0 aliphatic heterocycles. The lowest BCUT2D eigenvalue weighted by molar-refractivity contribution is -0.383. The van der Waals surface area contributed by atoms with Crippen molar-refractivity contribution in [3.63, 3.8) is 0 Å². The number of nitro benzene ring substituents is 1. The van der Waals surface area contributed by atoms with Crippen LogP contribution < -0.4 is 10.9 Å². The summed E-state index contributed by atoms with van der Waals surface area (Å²) in [5.74, 6) is 0. The van der Waals surface area contributed by atoms with E-state index in [-0.39, 0.29) is 11.2 Å². The van der Waals surface area contributed by atoms with Gasteiger partial charge in [0.1, 0.15) is 5.69 Å². The number of pyridine rings is 1. The molecule has 3 aromatic rings. The van der Waals surface area contributed by atoms with Crippen molar-refractivity contribution >= 4 is 28.0 Å². The van der Waals surface area contributed by atoms with Crippen molar-refractivity contribution in [1.29, 1.82) is 0 Å². The SMILES string of the molecule is Cc1ccc(Nc2cc3c([N+](=O)[O-])cccc3n(C)c2=O)cc1. The molecule has 0 saturated heterocycles. The number of fused-ring (bicyclic) bond motifs is 1. The van der Waals surface area contributed by atoms with E-state index >= 15 is 0 Å². The number of nitrogens with one attached hydrogen (secondary N) is 1. The van der Waals surface area contributed by atoms with Gasteiger partial charge in [-0.25, -0.2) is 0 Å². The number of benzene rings is 2. The van der Waals surface area contributed by atoms with Gasteiger partial charge in [-0.15, -0.1) is 0 Å². The lowest BCUT2D eigenvalue weighted by atomic mass is 10.1. The monoisotopic (exact) mass is 309 g/mol. The first-order chi connectivity index (χ1) is 11.0. The van der Waals surface area contributed by atoms with E-state index < -0.39 is 4.92 Å². The highest BCUT2D eigenvalue weighted by molar-refractivity contribution is 5.91. The second kappa shape index (κ2) is 5.57. The number of hydrogen-bond acceptors (Lipinski definition) is 4. The summed E-state index contributed by atoms with van der Waals surface area (Å²) in [6, 6.07) is 13.8. The van der Waals surface area contributed by atoms with E-state index in [2.05, 4.69) is 5.32 Å². The molecule has 1 N–H and O–H groups in total. The Hall–Kier alpha value is -3.15. The standard InChI is InChI=1S/C17H15N3O3/c1-11-6-8-12(9-7-11)18-14-10-13-15(19(2)17(14)21)4-3-5-16(13)20(22)23/h3-10,18H,1-2H3. The molecule has 6 nitrogen and oxygen atoms in total. The molecule has 0 saturated carbocycles. The van der Waals surface area contributed by atoms with Crippen molar-refractivity contribution in [3.05, 3.63) is 74.6 Å². The zero-order valence-electron chi connectivity index (χ0n) is 12.7. The maximum atomic E-state index is 12.5. The Morgan fingerprint density at radius 1 is 1.13 bits per heavy atom. The number of nitrogens with zero attached hydrogens (tertiary/aromatic N) is 2. The van der Waals surface area contributed by atoms with E-state index in [1.165, 1.54) is 16.7 Å². The molecular formula is C17H15N3O3. The highest BCUT2D eigenvalue weighted by atomic mass is 16.6. The molecule has 0 atom stereocenters. The minimum absolute atomic E-state index is 0.0231. The quantitative estimate of drug-likeness (QED) is 0.593. The molecule has 0 aliphatic rings. The number of aryl methyl sites for hydroxylation is 2. The first kappa shape index (κ1) is 14.8. The molecule has 0 spiro atoms. The molecule has 0 unspecified atom stereocenters. The molecule has 0 aliphatic carbocycles. The van der Waals surface area contributed by atoms with Gasteiger partial charge in [0.2, 0.25) is 0 Å². The van der Waals surface area contributed by atoms with E-state index in [1.807, 2.05) is 31.2 Å². The molecule has 0 fully saturated rings. The molecule has 1 aromatic heterocycles. The summed E-state index contributed by atoms with van der Waals surface area (Å²) in [5, 5.41) is 14.7. The summed E-state index contributed by atoms with van der Waals surface area (Å²) in [6.45, 7) is 1.97. The fourth-order valence-corrected chi connectivity index (χ4v) is 2.52. The van der Waals surface area contributed by atoms with Crippen LogP contribution in [0.2, 0.25) is 0 Å². The van der Waals surface area contributed by atoms with Crippen LogP contribution in [-0.4, -0.2) is 9.49 Å². The summed E-state index contributed by atoms with van der Waals surface area (Å²) in [4.78, 5) is 23.2. The summed E-state index contributed by atoms with van der Waals surface area (Å²) < 4.78 is 1.42. The summed E-state index contributed by atoms with van der Waals surface area (Å²) in [5.41, 5.74) is 2.43. The average Bonchev–Trinajstić information content (AvgIpc) is 2.53. The third kappa shape index (κ3) is 2.66. The van der Waals surface area contributed by atoms with Crippen molar-refractivity contribution in [2.75, 3.05) is 5.32 Å². The number of nitro groups is 1. The van der Waals surface area contributed by atoms with Crippen LogP contribution in [0.25, 0.3) is 10.9 Å². The van der Waals surface area contributed by atoms with Crippen molar-refractivity contribution in [2.24, 2.45) is 7.05 Å². The van der Waals surface area contributed by atoms with Crippen LogP contribution in [0.3, 0.4) is 0 Å². The Labute approximate surface area is 132 Å². The number of rotatable bonds is 3. The third-order valence-corrected chi connectivity index (χ3v) is 3.77. The van der Waals surface area contributed by atoms with E-state index in [9.17, 15) is 14.9 Å². The molecular weight excluding hydrogens is 294 g/mol. The Kier molecular flexibility index (Phi) is 3.57. The van der Waals surface area contributed by atoms with Gasteiger partial charge in [-0.2, -0.15) is 0 Å². The number of non-ortho nitro benzene ring substituents is 1. The van der Waals surface area contributed by atoms with Gasteiger partial charge in [-0.1, -0.05) is 23.8 Å². The van der Waals surface area contributed by atoms with E-state index in [1.54, 1.807) is 19.2 Å². The lowest BCUT2D eigenvalue weighted by Crippen LogP contribution is -2.20. The van der Waals surface area contributed by atoms with Crippen LogP contribution in [-0.2, 0) is 7.05 Å². The van der Waals surface area contributed by atoms with Gasteiger partial charge in [0.05, 0.1) is 15.8 Å². The summed E-state index contributed by atoms with van der Waals surface area (Å²) >= 11 is 0. The topological polar surface area (TPSA) is 77.2 Å². The zero-order chi connectivity index (χ0) is 16.6. The molecule has 2 aromatic carbocycles. The van der Waals surface area contributed by atoms with Gasteiger partial charge in [-0.05, 0) is 31.2 Å². The molecule has 0 amide bonds. The maximum Gasteiger partial charge on any atom is 0.278 e. The van der Waals surface area contributed by atoms with Crippen molar-refractivity contribution in [1.82, 2.24) is 4.57 Å². The van der Waals surface area contributed by atoms with Crippen LogP contribution in [0, 0.1) is 17.0 Å². The van der Waals surface area contributed by atoms with Gasteiger partial charge in [0.25, 0.3) is 11.2 Å². The zero-order valence-corrected chi connectivity index (χ0v) is 12.7. The predicted octanol–water partition coefficient (Wildman–Crippen LogP) is 3.50. The first-order valence-corrected chi connectivity index (χ1v) is 7.08. The fourth-order valence-electron chi connectivity index (χ4n) is 2.52. The molecule has 3 rings (SSSR count). The molecule has 1 heterocycles. The van der Waals surface area contributed by atoms with Crippen LogP contribution in [0.1, 0.15) is 5.56 Å². The first-order valence-electron chi connectivity index (χ1n) is 7.08. The Balaban J connectivity index is 2.19. The highest BCUT2D eigenvalue weighted by Crippen LogP contribution is 2.27. The highest BCUT2D eigenvalue weighted by Gasteiger charge is 2.16. The van der Waals surface area contributed by atoms with E-state index in [0.29, 0.717) is 16.6 Å². The Morgan fingerprint density at radius 3 is 2.48 bits per heavy atom. The molecule has 23 heavy (non-hydrogen) atoms. The second-order valence-corrected chi connectivity index (χ2v) is 5.38. The third-order valence-electron chi connectivity index (χ3n) is 3.77. The number of hydrogen-bond donors (Lipinski definition) is 1. The molecule has 0 radical (unpaired) electrons. The van der Waals surface area contributed by atoms with Gasteiger partial charge < -0.3 is 9.88 Å². The van der Waals surface area contributed by atoms with Crippen LogP contribution in [0.4, 0.5) is 17.1 Å². The smallest absolute Gasteiger partial charge is 0.278 e. The number of aromatic nitrogens is 1. The minimum Gasteiger partial charge on any atom is -0.351 e. The lowest BCUT2D eigenvalue weighted by Gasteiger charge is -2.11. The second-order valence-electron chi connectivity index (χ2n) is 5.38. The Morgan fingerprint density at radius 2 is 1.83 bits per heavy atom. The van der Waals surface area contributed by atoms with Gasteiger partial charge in [0, 0.05) is 18.8 Å². The van der Waals surface area contributed by atoms with Crippen LogP contribution in [0.15, 0.2) is 53.3 Å². The summed E-state index contributed by atoms with van der Waals surface area (Å²) in [7, 11) is 1.61. The van der Waals surface area contributed by atoms with Gasteiger partial charge >= 0.3 is 0 Å². The normalized spacial score (nSPS) is 10.7. The molecule has 6 heteroatoms. The van der Waals surface area contributed by atoms with Crippen molar-refractivity contribution in [3.8, 4) is 0 Å². The molecule has 116 valence electrons. The van der Waals surface area contributed by atoms with Crippen LogP contribution >= 0.6 is 0 Å². The average molecular weight is 309 g/mol. The van der Waals surface area contributed by atoms with Crippen molar-refractivity contribution in [2.45, 2.75) is 6.92 Å². The predicted molar refractivity (Wildman–Crippen MR) is 90.3 cm³/mol. The molecule has 0 bridgehead atoms. The van der Waals surface area contributed by atoms with Gasteiger partial charge in [0.15, 0.2) is 0 Å². The largest absolute Gasteiger partial charge is 0.351 e.